The van der Waals surface area contributed by atoms with Crippen LogP contribution >= 0.6 is 0 Å². The maximum atomic E-state index is 11.2. The number of carboxylic acid groups (broad SMARTS) is 1. The second-order valence-electron chi connectivity index (χ2n) is 3.88. The predicted octanol–water partition coefficient (Wildman–Crippen LogP) is 1.69. The molecule has 0 heterocycles. The Hall–Kier alpha value is -2.04. The molecule has 0 aliphatic heterocycles. The third-order valence-electron chi connectivity index (χ3n) is 2.55. The van der Waals surface area contributed by atoms with Gasteiger partial charge in [-0.25, -0.2) is 4.79 Å². The minimum absolute atomic E-state index is 0.126. The number of aromatic carboxylic acids is 1. The van der Waals surface area contributed by atoms with Crippen LogP contribution in [0.2, 0.25) is 0 Å². The van der Waals surface area contributed by atoms with E-state index in [0.29, 0.717) is 11.3 Å². The van der Waals surface area contributed by atoms with Gasteiger partial charge in [-0.3, -0.25) is 4.79 Å². The minimum Gasteiger partial charge on any atom is -0.478 e. The van der Waals surface area contributed by atoms with Crippen molar-refractivity contribution in [1.29, 1.82) is 0 Å². The Morgan fingerprint density at radius 2 is 2.12 bits per heavy atom. The van der Waals surface area contributed by atoms with Crippen LogP contribution in [0.25, 0.3) is 0 Å². The molecule has 0 fully saturated rings. The van der Waals surface area contributed by atoms with E-state index in [1.807, 2.05) is 13.8 Å². The normalized spacial score (nSPS) is 11.9. The van der Waals surface area contributed by atoms with Crippen LogP contribution in [-0.2, 0) is 0 Å². The molecule has 0 saturated heterocycles. The van der Waals surface area contributed by atoms with E-state index in [-0.39, 0.29) is 11.6 Å². The van der Waals surface area contributed by atoms with Gasteiger partial charge in [0.2, 0.25) is 0 Å². The van der Waals surface area contributed by atoms with Gasteiger partial charge in [-0.2, -0.15) is 0 Å². The first kappa shape index (κ1) is 13.0. The van der Waals surface area contributed by atoms with E-state index in [4.69, 9.17) is 10.8 Å². The van der Waals surface area contributed by atoms with Gasteiger partial charge in [-0.05, 0) is 31.5 Å². The predicted molar refractivity (Wildman–Crippen MR) is 65.3 cm³/mol. The zero-order valence-corrected chi connectivity index (χ0v) is 9.86. The summed E-state index contributed by atoms with van der Waals surface area (Å²) >= 11 is 0. The summed E-state index contributed by atoms with van der Waals surface area (Å²) in [5, 5.41) is 12.0. The highest BCUT2D eigenvalue weighted by Gasteiger charge is 2.13. The SMILES string of the molecule is CCC(C)Nc1cc(C(=O)O)ccc1C(N)=O. The molecule has 0 aliphatic carbocycles. The molecule has 17 heavy (non-hydrogen) atoms. The summed E-state index contributed by atoms with van der Waals surface area (Å²) in [5.41, 5.74) is 6.12. The van der Waals surface area contributed by atoms with Crippen LogP contribution < -0.4 is 11.1 Å². The van der Waals surface area contributed by atoms with Crippen molar-refractivity contribution < 1.29 is 14.7 Å². The van der Waals surface area contributed by atoms with Crippen LogP contribution in [0.1, 0.15) is 41.0 Å². The third-order valence-corrected chi connectivity index (χ3v) is 2.55. The number of carbonyl (C=O) groups is 2. The lowest BCUT2D eigenvalue weighted by molar-refractivity contribution is 0.0696. The number of nitrogens with one attached hydrogen (secondary N) is 1. The van der Waals surface area contributed by atoms with Crippen LogP contribution in [-0.4, -0.2) is 23.0 Å². The molecule has 0 radical (unpaired) electrons. The Balaban J connectivity index is 3.15. The Kier molecular flexibility index (Phi) is 4.09. The minimum atomic E-state index is -1.03. The Labute approximate surface area is 99.6 Å². The quantitative estimate of drug-likeness (QED) is 0.725. The van der Waals surface area contributed by atoms with Crippen molar-refractivity contribution in [3.8, 4) is 0 Å². The van der Waals surface area contributed by atoms with Gasteiger partial charge < -0.3 is 16.2 Å². The summed E-state index contributed by atoms with van der Waals surface area (Å²) in [7, 11) is 0. The van der Waals surface area contributed by atoms with Gasteiger partial charge in [-0.1, -0.05) is 6.92 Å². The van der Waals surface area contributed by atoms with Gasteiger partial charge in [0.05, 0.1) is 11.1 Å². The number of primary amides is 1. The van der Waals surface area contributed by atoms with Crippen LogP contribution in [0.15, 0.2) is 18.2 Å². The van der Waals surface area contributed by atoms with Gasteiger partial charge in [0.1, 0.15) is 0 Å². The smallest absolute Gasteiger partial charge is 0.335 e. The molecular weight excluding hydrogens is 220 g/mol. The van der Waals surface area contributed by atoms with E-state index >= 15 is 0 Å². The number of nitrogens with two attached hydrogens (primary N) is 1. The molecule has 1 aromatic carbocycles. The first-order valence-corrected chi connectivity index (χ1v) is 5.39. The summed E-state index contributed by atoms with van der Waals surface area (Å²) < 4.78 is 0. The number of carbonyl (C=O) groups excluding carboxylic acids is 1. The molecule has 5 nitrogen and oxygen atoms in total. The molecule has 1 rings (SSSR count). The fourth-order valence-electron chi connectivity index (χ4n) is 1.38. The van der Waals surface area contributed by atoms with Crippen LogP contribution in [0.5, 0.6) is 0 Å². The first-order valence-electron chi connectivity index (χ1n) is 5.39. The summed E-state index contributed by atoms with van der Waals surface area (Å²) in [4.78, 5) is 22.1. The van der Waals surface area contributed by atoms with Crippen molar-refractivity contribution in [3.63, 3.8) is 0 Å². The molecule has 92 valence electrons. The number of hydrogen-bond acceptors (Lipinski definition) is 3. The molecule has 0 bridgehead atoms. The largest absolute Gasteiger partial charge is 0.478 e. The number of rotatable bonds is 5. The standard InChI is InChI=1S/C12H16N2O3/c1-3-7(2)14-10-6-8(12(16)17)4-5-9(10)11(13)15/h4-7,14H,3H2,1-2H3,(H2,13,15)(H,16,17). The van der Waals surface area contributed by atoms with Gasteiger partial charge in [-0.15, -0.1) is 0 Å². The number of benzene rings is 1. The molecule has 1 atom stereocenters. The summed E-state index contributed by atoms with van der Waals surface area (Å²) in [6.07, 6.45) is 0.857. The molecule has 0 spiro atoms. The lowest BCUT2D eigenvalue weighted by Gasteiger charge is -2.16. The molecule has 1 amide bonds. The Bertz CT molecular complexity index is 443. The van der Waals surface area contributed by atoms with Crippen LogP contribution in [0.3, 0.4) is 0 Å². The molecule has 1 unspecified atom stereocenters. The van der Waals surface area contributed by atoms with E-state index in [1.54, 1.807) is 0 Å². The van der Waals surface area contributed by atoms with Crippen molar-refractivity contribution in [2.45, 2.75) is 26.3 Å². The molecular formula is C12H16N2O3. The topological polar surface area (TPSA) is 92.4 Å². The molecule has 0 saturated carbocycles. The first-order chi connectivity index (χ1) is 7.95. The summed E-state index contributed by atoms with van der Waals surface area (Å²) in [6.45, 7) is 3.93. The molecule has 0 aromatic heterocycles. The van der Waals surface area contributed by atoms with Crippen molar-refractivity contribution in [2.75, 3.05) is 5.32 Å². The van der Waals surface area contributed by atoms with E-state index in [1.165, 1.54) is 18.2 Å². The number of carboxylic acids is 1. The fraction of sp³-hybridized carbons (Fsp3) is 0.333. The van der Waals surface area contributed by atoms with E-state index in [2.05, 4.69) is 5.32 Å². The highest BCUT2D eigenvalue weighted by atomic mass is 16.4. The van der Waals surface area contributed by atoms with E-state index in [0.717, 1.165) is 6.42 Å². The van der Waals surface area contributed by atoms with Crippen LogP contribution in [0.4, 0.5) is 5.69 Å². The highest BCUT2D eigenvalue weighted by Crippen LogP contribution is 2.19. The number of amides is 1. The molecule has 1 aromatic rings. The number of hydrogen-bond donors (Lipinski definition) is 3. The summed E-state index contributed by atoms with van der Waals surface area (Å²) in [6, 6.07) is 4.35. The zero-order valence-electron chi connectivity index (χ0n) is 9.86. The highest BCUT2D eigenvalue weighted by molar-refractivity contribution is 6.00. The van der Waals surface area contributed by atoms with E-state index in [9.17, 15) is 9.59 Å². The maximum Gasteiger partial charge on any atom is 0.335 e. The van der Waals surface area contributed by atoms with Crippen molar-refractivity contribution in [1.82, 2.24) is 0 Å². The van der Waals surface area contributed by atoms with Crippen molar-refractivity contribution >= 4 is 17.6 Å². The zero-order chi connectivity index (χ0) is 13.0. The van der Waals surface area contributed by atoms with E-state index < -0.39 is 11.9 Å². The third kappa shape index (κ3) is 3.21. The average Bonchev–Trinajstić information content (AvgIpc) is 2.28. The second-order valence-corrected chi connectivity index (χ2v) is 3.88. The lowest BCUT2D eigenvalue weighted by Crippen LogP contribution is -2.19. The second kappa shape index (κ2) is 5.34. The molecule has 5 heteroatoms. The molecule has 0 aliphatic rings. The average molecular weight is 236 g/mol. The van der Waals surface area contributed by atoms with Gasteiger partial charge in [0.15, 0.2) is 0 Å². The summed E-state index contributed by atoms with van der Waals surface area (Å²) in [5.74, 6) is -1.61. The Morgan fingerprint density at radius 3 is 2.59 bits per heavy atom. The van der Waals surface area contributed by atoms with Crippen molar-refractivity contribution in [2.24, 2.45) is 5.73 Å². The van der Waals surface area contributed by atoms with Gasteiger partial charge in [0.25, 0.3) is 5.91 Å². The molecule has 4 N–H and O–H groups in total. The monoisotopic (exact) mass is 236 g/mol. The van der Waals surface area contributed by atoms with Crippen molar-refractivity contribution in [3.05, 3.63) is 29.3 Å². The number of anilines is 1. The Morgan fingerprint density at radius 1 is 1.47 bits per heavy atom. The van der Waals surface area contributed by atoms with Gasteiger partial charge >= 0.3 is 5.97 Å². The maximum absolute atomic E-state index is 11.2. The van der Waals surface area contributed by atoms with Gasteiger partial charge in [0, 0.05) is 11.7 Å². The van der Waals surface area contributed by atoms with Crippen LogP contribution in [0, 0.1) is 0 Å². The lowest BCUT2D eigenvalue weighted by atomic mass is 10.1. The fourth-order valence-corrected chi connectivity index (χ4v) is 1.38.